The molecule has 5 heteroatoms. The van der Waals surface area contributed by atoms with E-state index in [0.717, 1.165) is 0 Å². The fourth-order valence-corrected chi connectivity index (χ4v) is 1.43. The summed E-state index contributed by atoms with van der Waals surface area (Å²) in [6.07, 6.45) is 0.0669. The van der Waals surface area contributed by atoms with E-state index in [9.17, 15) is 13.2 Å². The second-order valence-electron chi connectivity index (χ2n) is 2.40. The molecule has 0 bridgehead atoms. The molecule has 0 unspecified atom stereocenters. The summed E-state index contributed by atoms with van der Waals surface area (Å²) in [5.74, 6) is -3.41. The third-order valence-corrected chi connectivity index (χ3v) is 2.32. The van der Waals surface area contributed by atoms with Crippen LogP contribution in [0.15, 0.2) is 0 Å². The number of hydrogen-bond acceptors (Lipinski definition) is 0. The highest BCUT2D eigenvalue weighted by molar-refractivity contribution is 6.35. The van der Waals surface area contributed by atoms with E-state index < -0.39 is 27.5 Å². The lowest BCUT2D eigenvalue weighted by atomic mass is 10.1. The van der Waals surface area contributed by atoms with Gasteiger partial charge in [0.25, 0.3) is 0 Å². The maximum Gasteiger partial charge on any atom is 0.166 e. The van der Waals surface area contributed by atoms with Crippen molar-refractivity contribution in [3.05, 3.63) is 33.1 Å². The molecule has 0 radical (unpaired) electrons. The van der Waals surface area contributed by atoms with Gasteiger partial charge in [0, 0.05) is 5.56 Å². The molecule has 13 heavy (non-hydrogen) atoms. The number of halogens is 5. The normalized spacial score (nSPS) is 10.6. The Bertz CT molecular complexity index is 321. The lowest BCUT2D eigenvalue weighted by molar-refractivity contribution is 0.527. The Labute approximate surface area is 83.3 Å². The van der Waals surface area contributed by atoms with E-state index in [4.69, 9.17) is 23.2 Å². The topological polar surface area (TPSA) is 0 Å². The molecule has 1 aromatic carbocycles. The van der Waals surface area contributed by atoms with E-state index >= 15 is 0 Å². The summed E-state index contributed by atoms with van der Waals surface area (Å²) >= 11 is 10.5. The van der Waals surface area contributed by atoms with Crippen LogP contribution in [0.3, 0.4) is 0 Å². The lowest BCUT2D eigenvalue weighted by Gasteiger charge is -2.06. The molecule has 1 aromatic rings. The molecule has 0 saturated heterocycles. The van der Waals surface area contributed by atoms with Crippen molar-refractivity contribution < 1.29 is 13.2 Å². The monoisotopic (exact) mass is 228 g/mol. The van der Waals surface area contributed by atoms with Crippen LogP contribution in [0.1, 0.15) is 12.5 Å². The number of hydrogen-bond donors (Lipinski definition) is 0. The highest BCUT2D eigenvalue weighted by Crippen LogP contribution is 2.31. The zero-order valence-electron chi connectivity index (χ0n) is 6.60. The minimum Gasteiger partial charge on any atom is -0.205 e. The van der Waals surface area contributed by atoms with Crippen LogP contribution in [0.2, 0.25) is 10.0 Å². The summed E-state index contributed by atoms with van der Waals surface area (Å²) in [5.41, 5.74) is -0.295. The Morgan fingerprint density at radius 1 is 0.923 bits per heavy atom. The summed E-state index contributed by atoms with van der Waals surface area (Å²) < 4.78 is 38.9. The fourth-order valence-electron chi connectivity index (χ4n) is 0.961. The van der Waals surface area contributed by atoms with Crippen molar-refractivity contribution in [1.82, 2.24) is 0 Å². The summed E-state index contributed by atoms with van der Waals surface area (Å²) in [6.45, 7) is 1.52. The molecule has 0 aliphatic heterocycles. The zero-order valence-corrected chi connectivity index (χ0v) is 8.11. The van der Waals surface area contributed by atoms with Crippen LogP contribution >= 0.6 is 23.2 Å². The van der Waals surface area contributed by atoms with Gasteiger partial charge in [0.05, 0.1) is 0 Å². The van der Waals surface area contributed by atoms with Crippen LogP contribution in [0, 0.1) is 17.5 Å². The zero-order chi connectivity index (χ0) is 10.2. The van der Waals surface area contributed by atoms with E-state index in [2.05, 4.69) is 0 Å². The minimum absolute atomic E-state index is 0.0669. The summed E-state index contributed by atoms with van der Waals surface area (Å²) in [4.78, 5) is 0. The van der Waals surface area contributed by atoms with E-state index in [0.29, 0.717) is 0 Å². The lowest BCUT2D eigenvalue weighted by Crippen LogP contribution is -1.99. The average Bonchev–Trinajstić information content (AvgIpc) is 2.13. The van der Waals surface area contributed by atoms with E-state index in [-0.39, 0.29) is 12.0 Å². The molecule has 0 N–H and O–H groups in total. The molecule has 0 spiro atoms. The van der Waals surface area contributed by atoms with Crippen molar-refractivity contribution in [2.24, 2.45) is 0 Å². The van der Waals surface area contributed by atoms with Crippen molar-refractivity contribution in [1.29, 1.82) is 0 Å². The van der Waals surface area contributed by atoms with Crippen LogP contribution in [-0.2, 0) is 6.42 Å². The first-order chi connectivity index (χ1) is 6.00. The minimum atomic E-state index is -1.25. The largest absolute Gasteiger partial charge is 0.205 e. The van der Waals surface area contributed by atoms with Crippen molar-refractivity contribution in [2.45, 2.75) is 13.3 Å². The molecular weight excluding hydrogens is 224 g/mol. The molecule has 72 valence electrons. The van der Waals surface area contributed by atoms with Crippen LogP contribution in [0.4, 0.5) is 13.2 Å². The Morgan fingerprint density at radius 2 is 1.31 bits per heavy atom. The van der Waals surface area contributed by atoms with Gasteiger partial charge in [0.2, 0.25) is 0 Å². The van der Waals surface area contributed by atoms with Gasteiger partial charge in [-0.1, -0.05) is 30.1 Å². The van der Waals surface area contributed by atoms with Gasteiger partial charge >= 0.3 is 0 Å². The van der Waals surface area contributed by atoms with Gasteiger partial charge in [-0.2, -0.15) is 0 Å². The molecule has 0 heterocycles. The predicted octanol–water partition coefficient (Wildman–Crippen LogP) is 3.97. The van der Waals surface area contributed by atoms with E-state index in [1.54, 1.807) is 0 Å². The molecule has 0 aromatic heterocycles. The Morgan fingerprint density at radius 3 is 1.62 bits per heavy atom. The first-order valence-corrected chi connectivity index (χ1v) is 4.26. The quantitative estimate of drug-likeness (QED) is 0.504. The molecule has 0 atom stereocenters. The smallest absolute Gasteiger partial charge is 0.166 e. The highest BCUT2D eigenvalue weighted by atomic mass is 35.5. The van der Waals surface area contributed by atoms with Crippen molar-refractivity contribution in [3.63, 3.8) is 0 Å². The third kappa shape index (κ3) is 1.63. The van der Waals surface area contributed by atoms with Gasteiger partial charge < -0.3 is 0 Å². The molecule has 0 amide bonds. The first kappa shape index (κ1) is 10.7. The van der Waals surface area contributed by atoms with Gasteiger partial charge in [-0.05, 0) is 6.42 Å². The Hall–Kier alpha value is -0.410. The van der Waals surface area contributed by atoms with Crippen LogP contribution < -0.4 is 0 Å². The number of rotatable bonds is 1. The summed E-state index contributed by atoms with van der Waals surface area (Å²) in [7, 11) is 0. The SMILES string of the molecule is CCc1c(F)c(Cl)c(F)c(Cl)c1F. The van der Waals surface area contributed by atoms with Gasteiger partial charge in [-0.25, -0.2) is 13.2 Å². The Balaban J connectivity index is 3.56. The summed E-state index contributed by atoms with van der Waals surface area (Å²) in [5, 5.41) is -1.52. The molecule has 0 aliphatic rings. The molecule has 0 fully saturated rings. The van der Waals surface area contributed by atoms with Crippen molar-refractivity contribution in [2.75, 3.05) is 0 Å². The first-order valence-electron chi connectivity index (χ1n) is 3.51. The van der Waals surface area contributed by atoms with Gasteiger partial charge in [0.15, 0.2) is 17.5 Å². The van der Waals surface area contributed by atoms with E-state index in [1.807, 2.05) is 0 Å². The average molecular weight is 229 g/mol. The summed E-state index contributed by atoms with van der Waals surface area (Å²) in [6, 6.07) is 0. The molecule has 1 rings (SSSR count). The van der Waals surface area contributed by atoms with Gasteiger partial charge in [-0.15, -0.1) is 0 Å². The third-order valence-electron chi connectivity index (χ3n) is 1.65. The molecular formula is C8H5Cl2F3. The maximum absolute atomic E-state index is 13.0. The van der Waals surface area contributed by atoms with Gasteiger partial charge in [-0.3, -0.25) is 0 Å². The van der Waals surface area contributed by atoms with Crippen LogP contribution in [0.5, 0.6) is 0 Å². The second-order valence-corrected chi connectivity index (χ2v) is 3.16. The van der Waals surface area contributed by atoms with E-state index in [1.165, 1.54) is 6.92 Å². The second kappa shape index (κ2) is 3.76. The number of benzene rings is 1. The van der Waals surface area contributed by atoms with Crippen LogP contribution in [0.25, 0.3) is 0 Å². The standard InChI is InChI=1S/C8H5Cl2F3/c1-2-3-6(11)4(9)8(13)5(10)7(3)12/h2H2,1H3. The maximum atomic E-state index is 13.0. The molecule has 0 aliphatic carbocycles. The van der Waals surface area contributed by atoms with Crippen molar-refractivity contribution in [3.8, 4) is 0 Å². The van der Waals surface area contributed by atoms with Crippen molar-refractivity contribution >= 4 is 23.2 Å². The molecule has 0 nitrogen and oxygen atoms in total. The Kier molecular flexibility index (Phi) is 3.09. The van der Waals surface area contributed by atoms with Gasteiger partial charge in [0.1, 0.15) is 10.0 Å². The highest BCUT2D eigenvalue weighted by Gasteiger charge is 2.21. The molecule has 0 saturated carbocycles. The van der Waals surface area contributed by atoms with Crippen LogP contribution in [-0.4, -0.2) is 0 Å². The predicted molar refractivity (Wildman–Crippen MR) is 45.7 cm³/mol. The fraction of sp³-hybridized carbons (Fsp3) is 0.250.